The van der Waals surface area contributed by atoms with Crippen molar-refractivity contribution in [3.05, 3.63) is 23.0 Å². The topological polar surface area (TPSA) is 25.2 Å². The molecule has 0 saturated heterocycles. The average Bonchev–Trinajstić information content (AvgIpc) is 2.69. The van der Waals surface area contributed by atoms with Crippen LogP contribution in [0.5, 0.6) is 0 Å². The number of hydrogen-bond acceptors (Lipinski definition) is 1. The van der Waals surface area contributed by atoms with Gasteiger partial charge in [0.15, 0.2) is 0 Å². The first kappa shape index (κ1) is 10.9. The van der Waals surface area contributed by atoms with Crippen LogP contribution >= 0.6 is 0 Å². The average molecular weight is 232 g/mol. The van der Waals surface area contributed by atoms with Crippen LogP contribution in [0.1, 0.15) is 48.4 Å². The lowest BCUT2D eigenvalue weighted by Crippen LogP contribution is -2.42. The molecule has 2 aliphatic rings. The van der Waals surface area contributed by atoms with Gasteiger partial charge in [-0.1, -0.05) is 0 Å². The molecular weight excluding hydrogens is 212 g/mol. The Morgan fingerprint density at radius 2 is 2.00 bits per heavy atom. The van der Waals surface area contributed by atoms with Gasteiger partial charge in [-0.25, -0.2) is 0 Å². The zero-order valence-electron chi connectivity index (χ0n) is 10.7. The van der Waals surface area contributed by atoms with Crippen molar-refractivity contribution in [3.63, 3.8) is 0 Å². The number of fused-ring (bicyclic) bond motifs is 3. The van der Waals surface area contributed by atoms with Crippen molar-refractivity contribution in [1.82, 2.24) is 9.47 Å². The molecule has 0 bridgehead atoms. The second kappa shape index (κ2) is 3.90. The van der Waals surface area contributed by atoms with E-state index in [2.05, 4.69) is 24.5 Å². The molecule has 3 rings (SSSR count). The van der Waals surface area contributed by atoms with E-state index in [9.17, 15) is 4.79 Å². The highest BCUT2D eigenvalue weighted by atomic mass is 16.2. The maximum Gasteiger partial charge on any atom is 0.255 e. The van der Waals surface area contributed by atoms with Crippen molar-refractivity contribution < 1.29 is 4.79 Å². The van der Waals surface area contributed by atoms with Crippen molar-refractivity contribution in [2.45, 2.75) is 52.1 Å². The number of nitrogens with zero attached hydrogens (tertiary/aromatic N) is 2. The Morgan fingerprint density at radius 3 is 2.76 bits per heavy atom. The Labute approximate surface area is 102 Å². The van der Waals surface area contributed by atoms with Crippen LogP contribution in [0.3, 0.4) is 0 Å². The Morgan fingerprint density at radius 1 is 1.18 bits per heavy atom. The van der Waals surface area contributed by atoms with Crippen LogP contribution in [0.4, 0.5) is 0 Å². The molecule has 2 aliphatic heterocycles. The highest BCUT2D eigenvalue weighted by molar-refractivity contribution is 5.97. The van der Waals surface area contributed by atoms with E-state index >= 15 is 0 Å². The highest BCUT2D eigenvalue weighted by Gasteiger charge is 2.30. The second-order valence-corrected chi connectivity index (χ2v) is 5.45. The van der Waals surface area contributed by atoms with Gasteiger partial charge >= 0.3 is 0 Å². The third-order valence-corrected chi connectivity index (χ3v) is 4.06. The van der Waals surface area contributed by atoms with E-state index < -0.39 is 0 Å². The van der Waals surface area contributed by atoms with Gasteiger partial charge in [0, 0.05) is 36.9 Å². The zero-order valence-corrected chi connectivity index (χ0v) is 10.7. The van der Waals surface area contributed by atoms with Crippen LogP contribution in [-0.4, -0.2) is 28.0 Å². The molecule has 0 unspecified atom stereocenters. The van der Waals surface area contributed by atoms with Crippen LogP contribution in [0.25, 0.3) is 0 Å². The first-order valence-corrected chi connectivity index (χ1v) is 6.70. The molecule has 0 radical (unpaired) electrons. The number of rotatable bonds is 1. The summed E-state index contributed by atoms with van der Waals surface area (Å²) in [4.78, 5) is 14.4. The number of carbonyl (C=O) groups excluding carboxylic acids is 1. The maximum absolute atomic E-state index is 12.4. The van der Waals surface area contributed by atoms with Gasteiger partial charge in [-0.3, -0.25) is 4.79 Å². The molecule has 17 heavy (non-hydrogen) atoms. The quantitative estimate of drug-likeness (QED) is 0.729. The molecule has 0 N–H and O–H groups in total. The first-order valence-electron chi connectivity index (χ1n) is 6.70. The number of amides is 1. The van der Waals surface area contributed by atoms with Gasteiger partial charge in [0.05, 0.1) is 5.56 Å². The van der Waals surface area contributed by atoms with Crippen molar-refractivity contribution in [2.24, 2.45) is 0 Å². The molecule has 0 aromatic carbocycles. The third-order valence-electron chi connectivity index (χ3n) is 4.06. The molecule has 0 fully saturated rings. The normalized spacial score (nSPS) is 19.5. The van der Waals surface area contributed by atoms with E-state index in [1.54, 1.807) is 0 Å². The van der Waals surface area contributed by atoms with Gasteiger partial charge in [0.25, 0.3) is 5.91 Å². The van der Waals surface area contributed by atoms with E-state index in [1.165, 1.54) is 24.2 Å². The molecule has 0 spiro atoms. The van der Waals surface area contributed by atoms with Gasteiger partial charge in [-0.05, 0) is 39.2 Å². The Balaban J connectivity index is 2.02. The predicted octanol–water partition coefficient (Wildman–Crippen LogP) is 2.23. The Kier molecular flexibility index (Phi) is 2.49. The third kappa shape index (κ3) is 1.60. The lowest BCUT2D eigenvalue weighted by molar-refractivity contribution is 0.0686. The summed E-state index contributed by atoms with van der Waals surface area (Å²) in [7, 11) is 0. The Bertz CT molecular complexity index is 459. The molecular formula is C14H20N2O. The van der Waals surface area contributed by atoms with Crippen molar-refractivity contribution in [3.8, 4) is 0 Å². The fraction of sp³-hybridized carbons (Fsp3) is 0.643. The largest absolute Gasteiger partial charge is 0.348 e. The van der Waals surface area contributed by atoms with Crippen LogP contribution in [-0.2, 0) is 19.4 Å². The predicted molar refractivity (Wildman–Crippen MR) is 67.2 cm³/mol. The molecule has 1 aromatic heterocycles. The van der Waals surface area contributed by atoms with Crippen LogP contribution in [0.15, 0.2) is 6.07 Å². The number of aryl methyl sites for hydroxylation is 1. The van der Waals surface area contributed by atoms with Gasteiger partial charge in [0.1, 0.15) is 0 Å². The van der Waals surface area contributed by atoms with E-state index in [0.717, 1.165) is 31.5 Å². The lowest BCUT2D eigenvalue weighted by Gasteiger charge is -2.31. The van der Waals surface area contributed by atoms with Crippen molar-refractivity contribution >= 4 is 5.91 Å². The first-order chi connectivity index (χ1) is 8.18. The fourth-order valence-electron chi connectivity index (χ4n) is 3.14. The van der Waals surface area contributed by atoms with Crippen molar-refractivity contribution in [1.29, 1.82) is 0 Å². The molecule has 92 valence electrons. The molecule has 0 atom stereocenters. The van der Waals surface area contributed by atoms with Crippen LogP contribution in [0, 0.1) is 0 Å². The Hall–Kier alpha value is -1.25. The van der Waals surface area contributed by atoms with Gasteiger partial charge in [-0.15, -0.1) is 0 Å². The summed E-state index contributed by atoms with van der Waals surface area (Å²) in [6.07, 6.45) is 4.70. The van der Waals surface area contributed by atoms with Gasteiger partial charge in [-0.2, -0.15) is 0 Å². The summed E-state index contributed by atoms with van der Waals surface area (Å²) in [6.45, 7) is 6.18. The second-order valence-electron chi connectivity index (χ2n) is 5.45. The zero-order chi connectivity index (χ0) is 12.0. The summed E-state index contributed by atoms with van der Waals surface area (Å²) in [5.74, 6) is 0.239. The van der Waals surface area contributed by atoms with E-state index in [1.807, 2.05) is 4.90 Å². The minimum atomic E-state index is 0.239. The summed E-state index contributed by atoms with van der Waals surface area (Å²) in [5.41, 5.74) is 3.64. The van der Waals surface area contributed by atoms with Gasteiger partial charge in [0.2, 0.25) is 0 Å². The molecule has 1 amide bonds. The standard InChI is InChI=1S/C14H20N2O/c1-10(2)15-8-6-13-12(14(15)17)9-11-5-3-4-7-16(11)13/h9-10H,3-8H2,1-2H3. The molecule has 3 heteroatoms. The summed E-state index contributed by atoms with van der Waals surface area (Å²) in [6, 6.07) is 2.46. The number of hydrogen-bond donors (Lipinski definition) is 0. The molecule has 0 aliphatic carbocycles. The van der Waals surface area contributed by atoms with Crippen molar-refractivity contribution in [2.75, 3.05) is 6.54 Å². The lowest BCUT2D eigenvalue weighted by atomic mass is 10.1. The summed E-state index contributed by atoms with van der Waals surface area (Å²) < 4.78 is 2.40. The van der Waals surface area contributed by atoms with Gasteiger partial charge < -0.3 is 9.47 Å². The van der Waals surface area contributed by atoms with E-state index in [4.69, 9.17) is 0 Å². The molecule has 3 heterocycles. The van der Waals surface area contributed by atoms with Crippen LogP contribution in [0.2, 0.25) is 0 Å². The maximum atomic E-state index is 12.4. The summed E-state index contributed by atoms with van der Waals surface area (Å²) >= 11 is 0. The molecule has 0 saturated carbocycles. The summed E-state index contributed by atoms with van der Waals surface area (Å²) in [5, 5.41) is 0. The van der Waals surface area contributed by atoms with Crippen LogP contribution < -0.4 is 0 Å². The fourth-order valence-corrected chi connectivity index (χ4v) is 3.14. The number of carbonyl (C=O) groups is 1. The SMILES string of the molecule is CC(C)N1CCc2c(cc3n2CCCC3)C1=O. The monoisotopic (exact) mass is 232 g/mol. The molecule has 3 nitrogen and oxygen atoms in total. The minimum absolute atomic E-state index is 0.239. The highest BCUT2D eigenvalue weighted by Crippen LogP contribution is 2.28. The van der Waals surface area contributed by atoms with E-state index in [-0.39, 0.29) is 5.91 Å². The minimum Gasteiger partial charge on any atom is -0.348 e. The smallest absolute Gasteiger partial charge is 0.255 e. The van der Waals surface area contributed by atoms with E-state index in [0.29, 0.717) is 6.04 Å². The number of aromatic nitrogens is 1. The molecule has 1 aromatic rings.